The maximum atomic E-state index is 6.88. The molecule has 1 heteroatoms. The third-order valence-corrected chi connectivity index (χ3v) is 6.31. The lowest BCUT2D eigenvalue weighted by Crippen LogP contribution is -2.11. The Morgan fingerprint density at radius 1 is 0.484 bits per heavy atom. The lowest BCUT2D eigenvalue weighted by molar-refractivity contribution is -0.0264. The molecule has 0 saturated carbocycles. The van der Waals surface area contributed by atoms with Crippen molar-refractivity contribution in [2.24, 2.45) is 0 Å². The fourth-order valence-corrected chi connectivity index (χ4v) is 4.38. The summed E-state index contributed by atoms with van der Waals surface area (Å²) in [6, 6.07) is 21.8. The predicted molar refractivity (Wildman–Crippen MR) is 135 cm³/mol. The van der Waals surface area contributed by atoms with E-state index in [4.69, 9.17) is 4.74 Å². The normalized spacial score (nSPS) is 13.2. The molecule has 0 heterocycles. The van der Waals surface area contributed by atoms with Crippen molar-refractivity contribution in [1.82, 2.24) is 0 Å². The molecule has 1 nitrogen and oxygen atoms in total. The zero-order chi connectivity index (χ0) is 22.0. The fourth-order valence-electron chi connectivity index (χ4n) is 4.38. The van der Waals surface area contributed by atoms with Crippen LogP contribution in [-0.2, 0) is 4.74 Å². The Hall–Kier alpha value is -1.60. The van der Waals surface area contributed by atoms with E-state index in [0.29, 0.717) is 0 Å². The van der Waals surface area contributed by atoms with E-state index in [2.05, 4.69) is 74.5 Å². The molecule has 0 saturated heterocycles. The van der Waals surface area contributed by atoms with Crippen LogP contribution in [0.15, 0.2) is 60.7 Å². The first-order valence-electron chi connectivity index (χ1n) is 13.1. The molecule has 0 aliphatic carbocycles. The van der Waals surface area contributed by atoms with Crippen molar-refractivity contribution >= 4 is 0 Å². The zero-order valence-corrected chi connectivity index (χ0v) is 20.2. The summed E-state index contributed by atoms with van der Waals surface area (Å²) in [6.45, 7) is 4.57. The molecule has 0 bridgehead atoms. The van der Waals surface area contributed by atoms with E-state index in [-0.39, 0.29) is 12.2 Å². The van der Waals surface area contributed by atoms with E-state index in [0.717, 1.165) is 12.8 Å². The van der Waals surface area contributed by atoms with Crippen LogP contribution in [-0.4, -0.2) is 0 Å². The van der Waals surface area contributed by atoms with Gasteiger partial charge in [0.15, 0.2) is 0 Å². The SMILES string of the molecule is CCCCCCCCC(OC(CCCCCCCC)c1ccccc1)c1ccccc1. The maximum absolute atomic E-state index is 6.88. The largest absolute Gasteiger partial charge is 0.366 e. The number of hydrogen-bond donors (Lipinski definition) is 0. The summed E-state index contributed by atoms with van der Waals surface area (Å²) in [7, 11) is 0. The van der Waals surface area contributed by atoms with Crippen molar-refractivity contribution in [2.75, 3.05) is 0 Å². The second-order valence-corrected chi connectivity index (χ2v) is 9.05. The van der Waals surface area contributed by atoms with Crippen molar-refractivity contribution in [1.29, 1.82) is 0 Å². The number of benzene rings is 2. The molecule has 2 unspecified atom stereocenters. The van der Waals surface area contributed by atoms with E-state index >= 15 is 0 Å². The zero-order valence-electron chi connectivity index (χ0n) is 20.2. The number of rotatable bonds is 18. The highest BCUT2D eigenvalue weighted by Gasteiger charge is 2.19. The molecule has 0 fully saturated rings. The smallest absolute Gasteiger partial charge is 0.0833 e. The summed E-state index contributed by atoms with van der Waals surface area (Å²) in [5.41, 5.74) is 2.67. The highest BCUT2D eigenvalue weighted by Crippen LogP contribution is 2.34. The topological polar surface area (TPSA) is 9.23 Å². The van der Waals surface area contributed by atoms with Gasteiger partial charge in [0.1, 0.15) is 0 Å². The fraction of sp³-hybridized carbons (Fsp3) is 0.600. The predicted octanol–water partition coefficient (Wildman–Crippen LogP) is 9.99. The first kappa shape index (κ1) is 25.7. The second kappa shape index (κ2) is 17.0. The molecule has 0 amide bonds. The van der Waals surface area contributed by atoms with Crippen LogP contribution in [0, 0.1) is 0 Å². The van der Waals surface area contributed by atoms with Crippen LogP contribution in [0.4, 0.5) is 0 Å². The number of hydrogen-bond acceptors (Lipinski definition) is 1. The molecule has 0 spiro atoms. The second-order valence-electron chi connectivity index (χ2n) is 9.05. The van der Waals surface area contributed by atoms with Gasteiger partial charge in [0.05, 0.1) is 12.2 Å². The van der Waals surface area contributed by atoms with Gasteiger partial charge in [0.25, 0.3) is 0 Å². The van der Waals surface area contributed by atoms with Crippen LogP contribution in [0.5, 0.6) is 0 Å². The van der Waals surface area contributed by atoms with Crippen molar-refractivity contribution < 1.29 is 4.74 Å². The van der Waals surface area contributed by atoms with Crippen LogP contribution < -0.4 is 0 Å². The van der Waals surface area contributed by atoms with Crippen molar-refractivity contribution in [3.8, 4) is 0 Å². The molecular formula is C30H46O. The van der Waals surface area contributed by atoms with Crippen LogP contribution in [0.25, 0.3) is 0 Å². The van der Waals surface area contributed by atoms with Gasteiger partial charge in [-0.1, -0.05) is 152 Å². The molecule has 2 aromatic carbocycles. The minimum Gasteiger partial charge on any atom is -0.366 e. The molecule has 0 aliphatic heterocycles. The Kier molecular flexibility index (Phi) is 14.1. The number of unbranched alkanes of at least 4 members (excludes halogenated alkanes) is 10. The lowest BCUT2D eigenvalue weighted by Gasteiger charge is -2.26. The minimum absolute atomic E-state index is 0.192. The Morgan fingerprint density at radius 3 is 1.23 bits per heavy atom. The van der Waals surface area contributed by atoms with Crippen LogP contribution in [0.1, 0.15) is 127 Å². The van der Waals surface area contributed by atoms with Crippen molar-refractivity contribution in [3.63, 3.8) is 0 Å². The monoisotopic (exact) mass is 422 g/mol. The van der Waals surface area contributed by atoms with E-state index in [1.807, 2.05) is 0 Å². The molecule has 0 aromatic heterocycles. The third kappa shape index (κ3) is 11.0. The quantitative estimate of drug-likeness (QED) is 0.217. The Balaban J connectivity index is 1.97. The summed E-state index contributed by atoms with van der Waals surface area (Å²) in [6.07, 6.45) is 18.6. The van der Waals surface area contributed by atoms with Gasteiger partial charge in [-0.3, -0.25) is 0 Å². The Labute approximate surface area is 192 Å². The summed E-state index contributed by atoms with van der Waals surface area (Å²) in [4.78, 5) is 0. The van der Waals surface area contributed by atoms with Gasteiger partial charge in [0, 0.05) is 0 Å². The molecule has 0 N–H and O–H groups in total. The van der Waals surface area contributed by atoms with Crippen LogP contribution >= 0.6 is 0 Å². The Morgan fingerprint density at radius 2 is 0.839 bits per heavy atom. The maximum Gasteiger partial charge on any atom is 0.0833 e. The van der Waals surface area contributed by atoms with E-state index in [1.165, 1.54) is 88.2 Å². The molecule has 2 atom stereocenters. The van der Waals surface area contributed by atoms with Gasteiger partial charge >= 0.3 is 0 Å². The molecule has 31 heavy (non-hydrogen) atoms. The van der Waals surface area contributed by atoms with Crippen molar-refractivity contribution in [3.05, 3.63) is 71.8 Å². The summed E-state index contributed by atoms with van der Waals surface area (Å²) in [5.74, 6) is 0. The summed E-state index contributed by atoms with van der Waals surface area (Å²) in [5, 5.41) is 0. The first-order valence-corrected chi connectivity index (χ1v) is 13.1. The molecule has 0 aliphatic rings. The van der Waals surface area contributed by atoms with Crippen molar-refractivity contribution in [2.45, 2.75) is 116 Å². The van der Waals surface area contributed by atoms with Crippen LogP contribution in [0.2, 0.25) is 0 Å². The summed E-state index contributed by atoms with van der Waals surface area (Å²) < 4.78 is 6.88. The molecular weight excluding hydrogens is 376 g/mol. The van der Waals surface area contributed by atoms with Crippen LogP contribution in [0.3, 0.4) is 0 Å². The first-order chi connectivity index (χ1) is 15.3. The highest BCUT2D eigenvalue weighted by atomic mass is 16.5. The number of ether oxygens (including phenoxy) is 1. The molecule has 2 aromatic rings. The van der Waals surface area contributed by atoms with E-state index in [1.54, 1.807) is 0 Å². The van der Waals surface area contributed by atoms with Gasteiger partial charge in [-0.15, -0.1) is 0 Å². The molecule has 172 valence electrons. The van der Waals surface area contributed by atoms with Gasteiger partial charge in [0.2, 0.25) is 0 Å². The van der Waals surface area contributed by atoms with Gasteiger partial charge in [-0.25, -0.2) is 0 Å². The summed E-state index contributed by atoms with van der Waals surface area (Å²) >= 11 is 0. The van der Waals surface area contributed by atoms with E-state index in [9.17, 15) is 0 Å². The van der Waals surface area contributed by atoms with Gasteiger partial charge in [-0.05, 0) is 24.0 Å². The van der Waals surface area contributed by atoms with Gasteiger partial charge in [-0.2, -0.15) is 0 Å². The average Bonchev–Trinajstić information content (AvgIpc) is 2.82. The van der Waals surface area contributed by atoms with Gasteiger partial charge < -0.3 is 4.74 Å². The minimum atomic E-state index is 0.192. The highest BCUT2D eigenvalue weighted by molar-refractivity contribution is 5.20. The third-order valence-electron chi connectivity index (χ3n) is 6.31. The lowest BCUT2D eigenvalue weighted by atomic mass is 9.99. The molecule has 2 rings (SSSR count). The van der Waals surface area contributed by atoms with E-state index < -0.39 is 0 Å². The standard InChI is InChI=1S/C30H46O/c1-3-5-7-9-11-19-25-29(27-21-15-13-16-22-27)31-30(28-23-17-14-18-24-28)26-20-12-10-8-6-4-2/h13-18,21-24,29-30H,3-12,19-20,25-26H2,1-2H3. The molecule has 0 radical (unpaired) electrons. The average molecular weight is 423 g/mol. The Bertz CT molecular complexity index is 578.